The van der Waals surface area contributed by atoms with Crippen LogP contribution in [0.2, 0.25) is 0 Å². The lowest BCUT2D eigenvalue weighted by atomic mass is 9.98. The van der Waals surface area contributed by atoms with Crippen LogP contribution in [-0.2, 0) is 44.5 Å². The van der Waals surface area contributed by atoms with Gasteiger partial charge in [0.25, 0.3) is 0 Å². The summed E-state index contributed by atoms with van der Waals surface area (Å²) in [5.74, 6) is -4.31. The number of rotatable bonds is 28. The maximum atomic E-state index is 13.0. The number of carbonyl (C=O) groups is 4. The number of aromatic carboxylic acids is 1. The summed E-state index contributed by atoms with van der Waals surface area (Å²) in [5.41, 5.74) is 0.661. The third-order valence-corrected chi connectivity index (χ3v) is 9.90. The second-order valence-electron chi connectivity index (χ2n) is 14.6. The van der Waals surface area contributed by atoms with Crippen molar-refractivity contribution in [1.82, 2.24) is 0 Å². The molecule has 57 heavy (non-hydrogen) atoms. The van der Waals surface area contributed by atoms with Crippen molar-refractivity contribution in [2.45, 2.75) is 178 Å². The maximum Gasteiger partial charge on any atom is 0.350 e. The molecule has 10 atom stereocenters. The standard InChI is InChI=1S/C40H64O17/c1-24(18-15-13-11-9-7-5-4-6-8-10-12-14-16-19-27-20-17-21-28(45)31(27)38(50)51)53-39(52)36(54-25(2)43)34(48)32(46)29(22-41)56-40-37(55-26(3)44)35(49)33(47)30(23-42)57-40/h17,20-21,24,29-30,32-37,40-42,45-49H,4-16,18-19,22-23H2,1-3H3,(H,50,51)/t24-,29-,30-,32-,33-,34+,35+,36+,37+,40-/m1/s1. The molecule has 0 amide bonds. The van der Waals surface area contributed by atoms with E-state index < -0.39 is 98.3 Å². The first-order chi connectivity index (χ1) is 27.1. The maximum absolute atomic E-state index is 13.0. The van der Waals surface area contributed by atoms with Crippen molar-refractivity contribution in [2.24, 2.45) is 0 Å². The van der Waals surface area contributed by atoms with Gasteiger partial charge in [-0.25, -0.2) is 9.59 Å². The first-order valence-corrected chi connectivity index (χ1v) is 20.0. The fourth-order valence-corrected chi connectivity index (χ4v) is 6.78. The van der Waals surface area contributed by atoms with Gasteiger partial charge in [-0.15, -0.1) is 0 Å². The molecule has 326 valence electrons. The molecule has 0 unspecified atom stereocenters. The first-order valence-electron chi connectivity index (χ1n) is 20.0. The number of carbonyl (C=O) groups excluding carboxylic acids is 3. The average Bonchev–Trinajstić information content (AvgIpc) is 3.15. The highest BCUT2D eigenvalue weighted by molar-refractivity contribution is 5.92. The number of phenols is 1. The SMILES string of the molecule is CC(=O)O[C@@H]1[C@H](O[C@H](CO)[C@@H](O)[C@H](O)[C@H](OC(C)=O)C(=O)O[C@H](C)CCCCCCCCCCCCCCCc2cccc(O)c2C(=O)O)O[C@H](CO)[C@@H](O)[C@@H]1O. The molecule has 8 N–H and O–H groups in total. The lowest BCUT2D eigenvalue weighted by molar-refractivity contribution is -0.324. The van der Waals surface area contributed by atoms with Gasteiger partial charge in [-0.2, -0.15) is 0 Å². The molecule has 1 aromatic rings. The van der Waals surface area contributed by atoms with Crippen LogP contribution >= 0.6 is 0 Å². The van der Waals surface area contributed by atoms with Gasteiger partial charge in [-0.05, 0) is 44.2 Å². The number of carboxylic acid groups (broad SMARTS) is 1. The van der Waals surface area contributed by atoms with Crippen LogP contribution in [0.3, 0.4) is 0 Å². The fraction of sp³-hybridized carbons (Fsp3) is 0.750. The molecule has 0 spiro atoms. The number of benzene rings is 1. The number of aliphatic hydroxyl groups is 6. The predicted octanol–water partition coefficient (Wildman–Crippen LogP) is 2.43. The van der Waals surface area contributed by atoms with Crippen LogP contribution in [0.15, 0.2) is 18.2 Å². The Morgan fingerprint density at radius 3 is 1.84 bits per heavy atom. The molecule has 0 bridgehead atoms. The molecule has 17 nitrogen and oxygen atoms in total. The Labute approximate surface area is 333 Å². The van der Waals surface area contributed by atoms with E-state index in [9.17, 15) is 60.0 Å². The molecule has 0 aliphatic carbocycles. The molecular weight excluding hydrogens is 752 g/mol. The second-order valence-corrected chi connectivity index (χ2v) is 14.6. The third kappa shape index (κ3) is 17.1. The summed E-state index contributed by atoms with van der Waals surface area (Å²) in [4.78, 5) is 47.9. The van der Waals surface area contributed by atoms with Crippen LogP contribution in [0.5, 0.6) is 5.75 Å². The highest BCUT2D eigenvalue weighted by Gasteiger charge is 2.49. The molecule has 1 saturated heterocycles. The Hall–Kier alpha value is -3.42. The second kappa shape index (κ2) is 26.6. The highest BCUT2D eigenvalue weighted by Crippen LogP contribution is 2.27. The summed E-state index contributed by atoms with van der Waals surface area (Å²) in [6.07, 6.45) is -2.32. The van der Waals surface area contributed by atoms with E-state index in [0.29, 0.717) is 18.4 Å². The lowest BCUT2D eigenvalue weighted by Crippen LogP contribution is -2.62. The number of unbranched alkanes of at least 4 members (excludes halogenated alkanes) is 12. The Morgan fingerprint density at radius 2 is 1.33 bits per heavy atom. The van der Waals surface area contributed by atoms with Crippen molar-refractivity contribution in [3.8, 4) is 5.75 Å². The number of aromatic hydroxyl groups is 1. The number of carboxylic acids is 1. The molecular formula is C40H64O17. The molecule has 1 fully saturated rings. The smallest absolute Gasteiger partial charge is 0.350 e. The van der Waals surface area contributed by atoms with Gasteiger partial charge in [0, 0.05) is 13.8 Å². The van der Waals surface area contributed by atoms with Crippen LogP contribution in [0, 0.1) is 0 Å². The molecule has 0 saturated carbocycles. The van der Waals surface area contributed by atoms with Crippen molar-refractivity contribution in [3.63, 3.8) is 0 Å². The van der Waals surface area contributed by atoms with Gasteiger partial charge >= 0.3 is 23.9 Å². The minimum atomic E-state index is -2.18. The quantitative estimate of drug-likeness (QED) is 0.0343. The summed E-state index contributed by atoms with van der Waals surface area (Å²) >= 11 is 0. The van der Waals surface area contributed by atoms with E-state index in [1.165, 1.54) is 6.07 Å². The molecule has 1 aromatic carbocycles. The fourth-order valence-electron chi connectivity index (χ4n) is 6.78. The van der Waals surface area contributed by atoms with Crippen molar-refractivity contribution in [3.05, 3.63) is 29.3 Å². The van der Waals surface area contributed by atoms with Crippen LogP contribution in [0.4, 0.5) is 0 Å². The van der Waals surface area contributed by atoms with Gasteiger partial charge in [0.1, 0.15) is 47.9 Å². The van der Waals surface area contributed by atoms with E-state index in [4.69, 9.17) is 23.7 Å². The van der Waals surface area contributed by atoms with Crippen LogP contribution in [0.25, 0.3) is 0 Å². The monoisotopic (exact) mass is 816 g/mol. The summed E-state index contributed by atoms with van der Waals surface area (Å²) in [6, 6.07) is 4.81. The molecule has 1 heterocycles. The van der Waals surface area contributed by atoms with Crippen LogP contribution in [-0.4, -0.2) is 139 Å². The molecule has 17 heteroatoms. The minimum absolute atomic E-state index is 0.00386. The van der Waals surface area contributed by atoms with Gasteiger partial charge in [0.2, 0.25) is 6.10 Å². The van der Waals surface area contributed by atoms with E-state index in [2.05, 4.69) is 0 Å². The number of aliphatic hydroxyl groups excluding tert-OH is 6. The zero-order valence-electron chi connectivity index (χ0n) is 33.3. The molecule has 0 radical (unpaired) electrons. The van der Waals surface area contributed by atoms with E-state index in [1.807, 2.05) is 0 Å². The topological polar surface area (TPSA) is 276 Å². The lowest BCUT2D eigenvalue weighted by Gasteiger charge is -2.42. The van der Waals surface area contributed by atoms with E-state index in [-0.39, 0.29) is 11.3 Å². The van der Waals surface area contributed by atoms with Crippen molar-refractivity contribution in [2.75, 3.05) is 13.2 Å². The third-order valence-electron chi connectivity index (χ3n) is 9.90. The zero-order valence-corrected chi connectivity index (χ0v) is 33.3. The summed E-state index contributed by atoms with van der Waals surface area (Å²) in [5, 5.41) is 81.1. The largest absolute Gasteiger partial charge is 0.507 e. The Bertz CT molecular complexity index is 1360. The van der Waals surface area contributed by atoms with E-state index in [0.717, 1.165) is 97.3 Å². The normalized spacial score (nSPS) is 22.2. The number of aryl methyl sites for hydroxylation is 1. The Kier molecular flexibility index (Phi) is 23.2. The van der Waals surface area contributed by atoms with E-state index in [1.54, 1.807) is 19.1 Å². The van der Waals surface area contributed by atoms with Gasteiger partial charge < -0.3 is 64.5 Å². The van der Waals surface area contributed by atoms with Crippen molar-refractivity contribution >= 4 is 23.9 Å². The molecule has 0 aromatic heterocycles. The molecule has 1 aliphatic heterocycles. The van der Waals surface area contributed by atoms with Crippen molar-refractivity contribution in [1.29, 1.82) is 0 Å². The van der Waals surface area contributed by atoms with Crippen LogP contribution in [0.1, 0.15) is 127 Å². The number of hydrogen-bond donors (Lipinski definition) is 8. The highest BCUT2D eigenvalue weighted by atomic mass is 16.7. The van der Waals surface area contributed by atoms with Crippen LogP contribution < -0.4 is 0 Å². The van der Waals surface area contributed by atoms with Gasteiger partial charge in [0.05, 0.1) is 19.3 Å². The Morgan fingerprint density at radius 1 is 0.772 bits per heavy atom. The average molecular weight is 817 g/mol. The molecule has 1 aliphatic rings. The number of hydrogen-bond acceptors (Lipinski definition) is 16. The van der Waals surface area contributed by atoms with Crippen molar-refractivity contribution < 1.29 is 83.7 Å². The summed E-state index contributed by atoms with van der Waals surface area (Å²) in [7, 11) is 0. The van der Waals surface area contributed by atoms with Gasteiger partial charge in [-0.3, -0.25) is 9.59 Å². The number of esters is 3. The number of ether oxygens (including phenoxy) is 5. The molecule has 2 rings (SSSR count). The van der Waals surface area contributed by atoms with Gasteiger partial charge in [-0.1, -0.05) is 82.8 Å². The zero-order chi connectivity index (χ0) is 42.5. The summed E-state index contributed by atoms with van der Waals surface area (Å²) in [6.45, 7) is 1.84. The Balaban J connectivity index is 1.68. The predicted molar refractivity (Wildman–Crippen MR) is 202 cm³/mol. The summed E-state index contributed by atoms with van der Waals surface area (Å²) < 4.78 is 26.3. The minimum Gasteiger partial charge on any atom is -0.507 e. The first kappa shape index (κ1) is 49.7. The van der Waals surface area contributed by atoms with Gasteiger partial charge in [0.15, 0.2) is 12.4 Å². The van der Waals surface area contributed by atoms with E-state index >= 15 is 0 Å².